The van der Waals surface area contributed by atoms with Crippen LogP contribution in [0.3, 0.4) is 0 Å². The third-order valence-electron chi connectivity index (χ3n) is 2.83. The number of hydrogen-bond acceptors (Lipinski definition) is 4. The molecule has 90 valence electrons. The second kappa shape index (κ2) is 5.60. The van der Waals surface area contributed by atoms with E-state index in [0.717, 1.165) is 5.82 Å². The molecule has 0 aliphatic heterocycles. The van der Waals surface area contributed by atoms with Crippen molar-refractivity contribution in [2.24, 2.45) is 5.73 Å². The van der Waals surface area contributed by atoms with Gasteiger partial charge in [-0.1, -0.05) is 13.8 Å². The van der Waals surface area contributed by atoms with E-state index in [4.69, 9.17) is 5.73 Å². The van der Waals surface area contributed by atoms with Crippen molar-refractivity contribution in [3.8, 4) is 0 Å². The molecule has 0 radical (unpaired) electrons. The second-order valence-electron chi connectivity index (χ2n) is 3.80. The molecule has 1 aromatic rings. The average molecular weight is 225 g/mol. The van der Waals surface area contributed by atoms with Gasteiger partial charge >= 0.3 is 0 Å². The Labute approximate surface area is 95.0 Å². The SMILES string of the molecule is CCC(N)(CC)C(=O)NCCc1ncn[nH]1. The normalized spacial score (nSPS) is 11.4. The van der Waals surface area contributed by atoms with Gasteiger partial charge in [0, 0.05) is 13.0 Å². The van der Waals surface area contributed by atoms with E-state index < -0.39 is 5.54 Å². The molecule has 1 rings (SSSR count). The highest BCUT2D eigenvalue weighted by Crippen LogP contribution is 2.10. The molecule has 0 bridgehead atoms. The third-order valence-corrected chi connectivity index (χ3v) is 2.83. The number of rotatable bonds is 6. The minimum atomic E-state index is -0.749. The smallest absolute Gasteiger partial charge is 0.240 e. The first-order chi connectivity index (χ1) is 7.62. The summed E-state index contributed by atoms with van der Waals surface area (Å²) in [6.45, 7) is 4.35. The third kappa shape index (κ3) is 3.03. The fourth-order valence-corrected chi connectivity index (χ4v) is 1.39. The molecule has 1 heterocycles. The number of nitrogens with two attached hydrogens (primary N) is 1. The Hall–Kier alpha value is -1.43. The van der Waals surface area contributed by atoms with Crippen molar-refractivity contribution in [1.82, 2.24) is 20.5 Å². The summed E-state index contributed by atoms with van der Waals surface area (Å²) < 4.78 is 0. The zero-order valence-electron chi connectivity index (χ0n) is 9.79. The molecule has 1 aromatic heterocycles. The molecule has 1 amide bonds. The van der Waals surface area contributed by atoms with Gasteiger partial charge in [0.2, 0.25) is 5.91 Å². The lowest BCUT2D eigenvalue weighted by atomic mass is 9.93. The Kier molecular flexibility index (Phi) is 4.42. The Balaban J connectivity index is 2.35. The molecular weight excluding hydrogens is 206 g/mol. The molecule has 0 aromatic carbocycles. The quantitative estimate of drug-likeness (QED) is 0.634. The van der Waals surface area contributed by atoms with E-state index in [1.165, 1.54) is 6.33 Å². The van der Waals surface area contributed by atoms with Gasteiger partial charge in [-0.05, 0) is 12.8 Å². The molecule has 0 aliphatic carbocycles. The summed E-state index contributed by atoms with van der Waals surface area (Å²) in [4.78, 5) is 15.7. The van der Waals surface area contributed by atoms with Gasteiger partial charge in [-0.3, -0.25) is 9.89 Å². The lowest BCUT2D eigenvalue weighted by Gasteiger charge is -2.24. The average Bonchev–Trinajstić information content (AvgIpc) is 2.80. The van der Waals surface area contributed by atoms with Crippen LogP contribution in [-0.4, -0.2) is 33.2 Å². The first-order valence-corrected chi connectivity index (χ1v) is 5.53. The summed E-state index contributed by atoms with van der Waals surface area (Å²) in [5.74, 6) is 0.660. The van der Waals surface area contributed by atoms with Crippen molar-refractivity contribution < 1.29 is 4.79 Å². The minimum absolute atomic E-state index is 0.1000. The van der Waals surface area contributed by atoms with E-state index in [2.05, 4.69) is 20.5 Å². The highest BCUT2D eigenvalue weighted by Gasteiger charge is 2.29. The molecule has 4 N–H and O–H groups in total. The predicted octanol–water partition coefficient (Wildman–Crippen LogP) is -0.0191. The van der Waals surface area contributed by atoms with Crippen molar-refractivity contribution in [2.45, 2.75) is 38.6 Å². The van der Waals surface area contributed by atoms with Crippen molar-refractivity contribution in [3.63, 3.8) is 0 Å². The molecule has 0 unspecified atom stereocenters. The highest BCUT2D eigenvalue weighted by atomic mass is 16.2. The maximum atomic E-state index is 11.8. The van der Waals surface area contributed by atoms with E-state index in [1.54, 1.807) is 0 Å². The molecule has 0 aliphatic rings. The van der Waals surface area contributed by atoms with Crippen LogP contribution in [0, 0.1) is 0 Å². The summed E-state index contributed by atoms with van der Waals surface area (Å²) in [5.41, 5.74) is 5.20. The summed E-state index contributed by atoms with van der Waals surface area (Å²) in [6, 6.07) is 0. The maximum Gasteiger partial charge on any atom is 0.240 e. The number of carbonyl (C=O) groups is 1. The number of amides is 1. The van der Waals surface area contributed by atoms with Crippen molar-refractivity contribution in [1.29, 1.82) is 0 Å². The standard InChI is InChI=1S/C10H19N5O/c1-3-10(11,4-2)9(16)12-6-5-8-13-7-14-15-8/h7H,3-6,11H2,1-2H3,(H,12,16)(H,13,14,15). The van der Waals surface area contributed by atoms with Crippen LogP contribution in [0.15, 0.2) is 6.33 Å². The van der Waals surface area contributed by atoms with Crippen molar-refractivity contribution in [3.05, 3.63) is 12.2 Å². The van der Waals surface area contributed by atoms with Gasteiger partial charge in [-0.2, -0.15) is 5.10 Å². The number of aromatic nitrogens is 3. The van der Waals surface area contributed by atoms with Gasteiger partial charge in [0.25, 0.3) is 0 Å². The molecule has 0 saturated heterocycles. The Morgan fingerprint density at radius 2 is 2.25 bits per heavy atom. The fraction of sp³-hybridized carbons (Fsp3) is 0.700. The second-order valence-corrected chi connectivity index (χ2v) is 3.80. The van der Waals surface area contributed by atoms with Crippen LogP contribution >= 0.6 is 0 Å². The van der Waals surface area contributed by atoms with Crippen LogP contribution < -0.4 is 11.1 Å². The fourth-order valence-electron chi connectivity index (χ4n) is 1.39. The van der Waals surface area contributed by atoms with Crippen LogP contribution in [0.4, 0.5) is 0 Å². The molecule has 0 spiro atoms. The monoisotopic (exact) mass is 225 g/mol. The van der Waals surface area contributed by atoms with Gasteiger partial charge in [-0.15, -0.1) is 0 Å². The lowest BCUT2D eigenvalue weighted by Crippen LogP contribution is -2.53. The Bertz CT molecular complexity index is 318. The number of H-pyrrole nitrogens is 1. The van der Waals surface area contributed by atoms with E-state index in [9.17, 15) is 4.79 Å². The van der Waals surface area contributed by atoms with Crippen LogP contribution in [0.5, 0.6) is 0 Å². The molecule has 6 heteroatoms. The first-order valence-electron chi connectivity index (χ1n) is 5.53. The van der Waals surface area contributed by atoms with E-state index in [0.29, 0.717) is 25.8 Å². The van der Waals surface area contributed by atoms with Crippen molar-refractivity contribution in [2.75, 3.05) is 6.54 Å². The Morgan fingerprint density at radius 1 is 1.56 bits per heavy atom. The van der Waals surface area contributed by atoms with E-state index >= 15 is 0 Å². The number of aromatic amines is 1. The van der Waals surface area contributed by atoms with Crippen LogP contribution in [0.25, 0.3) is 0 Å². The highest BCUT2D eigenvalue weighted by molar-refractivity contribution is 5.85. The lowest BCUT2D eigenvalue weighted by molar-refractivity contribution is -0.126. The molecule has 6 nitrogen and oxygen atoms in total. The maximum absolute atomic E-state index is 11.8. The van der Waals surface area contributed by atoms with Gasteiger partial charge < -0.3 is 11.1 Å². The van der Waals surface area contributed by atoms with Crippen LogP contribution in [0.2, 0.25) is 0 Å². The van der Waals surface area contributed by atoms with Gasteiger partial charge in [0.15, 0.2) is 0 Å². The van der Waals surface area contributed by atoms with Gasteiger partial charge in [-0.25, -0.2) is 4.98 Å². The number of nitrogens with one attached hydrogen (secondary N) is 2. The predicted molar refractivity (Wildman–Crippen MR) is 60.6 cm³/mol. The topological polar surface area (TPSA) is 96.7 Å². The van der Waals surface area contributed by atoms with Crippen molar-refractivity contribution >= 4 is 5.91 Å². The zero-order chi connectivity index (χ0) is 12.0. The molecule has 0 atom stereocenters. The Morgan fingerprint density at radius 3 is 2.75 bits per heavy atom. The first kappa shape index (κ1) is 12.6. The van der Waals surface area contributed by atoms with Crippen LogP contribution in [0.1, 0.15) is 32.5 Å². The molecule has 0 fully saturated rings. The van der Waals surface area contributed by atoms with Crippen LogP contribution in [-0.2, 0) is 11.2 Å². The largest absolute Gasteiger partial charge is 0.354 e. The minimum Gasteiger partial charge on any atom is -0.354 e. The number of carbonyl (C=O) groups excluding carboxylic acids is 1. The number of nitrogens with zero attached hydrogens (tertiary/aromatic N) is 2. The van der Waals surface area contributed by atoms with E-state index in [-0.39, 0.29) is 5.91 Å². The van der Waals surface area contributed by atoms with Gasteiger partial charge in [0.05, 0.1) is 5.54 Å². The molecule has 16 heavy (non-hydrogen) atoms. The zero-order valence-corrected chi connectivity index (χ0v) is 9.79. The summed E-state index contributed by atoms with van der Waals surface area (Å²) in [7, 11) is 0. The molecular formula is C10H19N5O. The van der Waals surface area contributed by atoms with Gasteiger partial charge in [0.1, 0.15) is 12.2 Å². The number of hydrogen-bond donors (Lipinski definition) is 3. The van der Waals surface area contributed by atoms with E-state index in [1.807, 2.05) is 13.8 Å². The summed E-state index contributed by atoms with van der Waals surface area (Å²) in [5, 5.41) is 9.27. The molecule has 0 saturated carbocycles. The summed E-state index contributed by atoms with van der Waals surface area (Å²) in [6.07, 6.45) is 3.35. The summed E-state index contributed by atoms with van der Waals surface area (Å²) >= 11 is 0.